The number of hydrogen-bond acceptors (Lipinski definition) is 3. The van der Waals surface area contributed by atoms with Crippen LogP contribution in [0.15, 0.2) is 35.5 Å². The third-order valence-corrected chi connectivity index (χ3v) is 8.57. The molecule has 0 aromatic carbocycles. The zero-order valence-corrected chi connectivity index (χ0v) is 19.0. The number of rotatable bonds is 7. The van der Waals surface area contributed by atoms with Gasteiger partial charge in [0, 0.05) is 13.1 Å². The van der Waals surface area contributed by atoms with Gasteiger partial charge in [-0.2, -0.15) is 0 Å². The van der Waals surface area contributed by atoms with Crippen LogP contribution in [-0.4, -0.2) is 54.9 Å². The topological polar surface area (TPSA) is 32.7 Å². The van der Waals surface area contributed by atoms with E-state index in [2.05, 4.69) is 30.6 Å². The van der Waals surface area contributed by atoms with E-state index in [-0.39, 0.29) is 12.2 Å². The summed E-state index contributed by atoms with van der Waals surface area (Å²) >= 11 is 0. The van der Waals surface area contributed by atoms with Gasteiger partial charge in [-0.1, -0.05) is 31.2 Å². The molecule has 4 rings (SSSR count). The zero-order chi connectivity index (χ0) is 22.0. The first-order chi connectivity index (χ1) is 14.9. The highest BCUT2D eigenvalue weighted by atomic mass is 19.3. The molecule has 0 spiro atoms. The molecule has 0 bridgehead atoms. The lowest BCUT2D eigenvalue weighted by Crippen LogP contribution is -2.53. The van der Waals surface area contributed by atoms with Crippen LogP contribution < -0.4 is 0 Å². The molecule has 3 saturated carbocycles. The first-order valence-electron chi connectivity index (χ1n) is 12.3. The molecule has 3 nitrogen and oxygen atoms in total. The van der Waals surface area contributed by atoms with E-state index in [1.807, 2.05) is 0 Å². The van der Waals surface area contributed by atoms with E-state index >= 15 is 0 Å². The summed E-state index contributed by atoms with van der Waals surface area (Å²) in [6.07, 6.45) is 12.3. The number of alkyl halides is 2. The maximum Gasteiger partial charge on any atom is 0.261 e. The highest BCUT2D eigenvalue weighted by Gasteiger charge is 2.49. The number of fused-ring (bicyclic) bond motifs is 1. The zero-order valence-electron chi connectivity index (χ0n) is 19.0. The van der Waals surface area contributed by atoms with Crippen LogP contribution >= 0.6 is 0 Å². The minimum atomic E-state index is -2.37. The number of allylic oxidation sites excluding steroid dienone is 3. The van der Waals surface area contributed by atoms with Crippen LogP contribution in [0.25, 0.3) is 0 Å². The predicted octanol–water partition coefficient (Wildman–Crippen LogP) is 5.51. The molecular weight excluding hydrogens is 396 g/mol. The van der Waals surface area contributed by atoms with Crippen LogP contribution in [-0.2, 0) is 4.74 Å². The molecule has 1 N–H and O–H groups in total. The van der Waals surface area contributed by atoms with E-state index in [0.717, 1.165) is 50.4 Å². The lowest BCUT2D eigenvalue weighted by atomic mass is 9.63. The average Bonchev–Trinajstić information content (AvgIpc) is 3.04. The molecule has 4 fully saturated rings. The van der Waals surface area contributed by atoms with E-state index in [4.69, 9.17) is 4.74 Å². The minimum absolute atomic E-state index is 0.00813. The quantitative estimate of drug-likeness (QED) is 0.572. The van der Waals surface area contributed by atoms with Gasteiger partial charge in [-0.05, 0) is 92.7 Å². The van der Waals surface area contributed by atoms with Gasteiger partial charge in [-0.3, -0.25) is 4.90 Å². The Bertz CT molecular complexity index is 712. The number of likely N-dealkylation sites (tertiary alicyclic amines) is 1. The van der Waals surface area contributed by atoms with Gasteiger partial charge in [-0.25, -0.2) is 8.78 Å². The summed E-state index contributed by atoms with van der Waals surface area (Å²) in [4.78, 5) is 2.36. The Hall–Kier alpha value is -1.04. The monoisotopic (exact) mass is 435 g/mol. The van der Waals surface area contributed by atoms with Crippen molar-refractivity contribution >= 4 is 0 Å². The predicted molar refractivity (Wildman–Crippen MR) is 120 cm³/mol. The number of nitrogens with zero attached hydrogens (tertiary/aromatic N) is 1. The second-order valence-corrected chi connectivity index (χ2v) is 10.4. The summed E-state index contributed by atoms with van der Waals surface area (Å²) in [6, 6.07) is 0. The van der Waals surface area contributed by atoms with Crippen molar-refractivity contribution in [2.24, 2.45) is 17.3 Å². The molecule has 0 radical (unpaired) electrons. The lowest BCUT2D eigenvalue weighted by Gasteiger charge is -2.44. The van der Waals surface area contributed by atoms with Gasteiger partial charge in [0.15, 0.2) is 0 Å². The van der Waals surface area contributed by atoms with Crippen molar-refractivity contribution in [1.82, 2.24) is 4.90 Å². The summed E-state index contributed by atoms with van der Waals surface area (Å²) in [5.74, 6) is 1.41. The van der Waals surface area contributed by atoms with Gasteiger partial charge in [0.25, 0.3) is 6.43 Å². The van der Waals surface area contributed by atoms with Crippen molar-refractivity contribution in [2.45, 2.75) is 83.3 Å². The number of hydrogen-bond donors (Lipinski definition) is 1. The van der Waals surface area contributed by atoms with Crippen LogP contribution in [0.1, 0.15) is 64.7 Å². The fourth-order valence-electron chi connectivity index (χ4n) is 6.61. The maximum atomic E-state index is 12.3. The van der Waals surface area contributed by atoms with Gasteiger partial charge in [0.2, 0.25) is 0 Å². The van der Waals surface area contributed by atoms with Crippen molar-refractivity contribution < 1.29 is 18.6 Å². The second kappa shape index (κ2) is 9.84. The van der Waals surface area contributed by atoms with Gasteiger partial charge in [-0.15, -0.1) is 0 Å². The molecule has 1 saturated heterocycles. The third kappa shape index (κ3) is 5.15. The fraction of sp³-hybridized carbons (Fsp3) is 0.769. The van der Waals surface area contributed by atoms with Gasteiger partial charge in [0.1, 0.15) is 6.61 Å². The van der Waals surface area contributed by atoms with E-state index < -0.39 is 13.0 Å². The number of ether oxygens (including phenoxy) is 1. The first-order valence-corrected chi connectivity index (χ1v) is 12.3. The van der Waals surface area contributed by atoms with Crippen molar-refractivity contribution in [3.63, 3.8) is 0 Å². The molecule has 4 atom stereocenters. The third-order valence-electron chi connectivity index (χ3n) is 8.57. The Morgan fingerprint density at radius 1 is 1.19 bits per heavy atom. The van der Waals surface area contributed by atoms with Crippen LogP contribution in [0.5, 0.6) is 0 Å². The molecule has 3 unspecified atom stereocenters. The van der Waals surface area contributed by atoms with E-state index in [1.165, 1.54) is 44.1 Å². The summed E-state index contributed by atoms with van der Waals surface area (Å²) in [7, 11) is 0. The van der Waals surface area contributed by atoms with Crippen molar-refractivity contribution in [1.29, 1.82) is 0 Å². The SMILES string of the molecule is C=C1/C(=C\C=C2/CCCC3(C)C2CC[C@@H]3CCN2CC(OCC(F)F)C2)CCCC1O. The van der Waals surface area contributed by atoms with E-state index in [0.29, 0.717) is 11.3 Å². The number of aliphatic hydroxyl groups excluding tert-OH is 1. The summed E-state index contributed by atoms with van der Waals surface area (Å²) in [6.45, 7) is 8.84. The molecule has 1 aliphatic heterocycles. The molecule has 0 amide bonds. The van der Waals surface area contributed by atoms with Gasteiger partial charge >= 0.3 is 0 Å². The van der Waals surface area contributed by atoms with Crippen LogP contribution in [0.4, 0.5) is 8.78 Å². The Morgan fingerprint density at radius 3 is 2.77 bits per heavy atom. The molecule has 5 heteroatoms. The summed E-state index contributed by atoms with van der Waals surface area (Å²) in [5, 5.41) is 10.1. The molecule has 0 aromatic rings. The fourth-order valence-corrected chi connectivity index (χ4v) is 6.61. The lowest BCUT2D eigenvalue weighted by molar-refractivity contribution is -0.0897. The molecular formula is C26H39F2NO2. The normalized spacial score (nSPS) is 37.6. The van der Waals surface area contributed by atoms with Crippen LogP contribution in [0, 0.1) is 17.3 Å². The Balaban J connectivity index is 1.31. The van der Waals surface area contributed by atoms with E-state index in [9.17, 15) is 13.9 Å². The molecule has 3 aliphatic carbocycles. The standard InChI is InChI=1S/C26H39F2NO2/c1-18-19(5-3-7-24(18)30)8-9-20-6-4-13-26(2)21(10-11-23(20)26)12-14-29-15-22(16-29)31-17-25(27)28/h8-9,21-25,30H,1,3-7,10-17H2,2H3/b19-8-,20-9+/t21-,23?,24?,26?/m1/s1. The largest absolute Gasteiger partial charge is 0.388 e. The number of aliphatic hydroxyl groups is 1. The smallest absolute Gasteiger partial charge is 0.261 e. The highest BCUT2D eigenvalue weighted by molar-refractivity contribution is 5.37. The van der Waals surface area contributed by atoms with Crippen LogP contribution in [0.2, 0.25) is 0 Å². The minimum Gasteiger partial charge on any atom is -0.388 e. The Labute approximate surface area is 186 Å². The summed E-state index contributed by atoms with van der Waals surface area (Å²) < 4.78 is 29.8. The van der Waals surface area contributed by atoms with E-state index in [1.54, 1.807) is 5.57 Å². The molecule has 0 aromatic heterocycles. The van der Waals surface area contributed by atoms with Gasteiger partial charge < -0.3 is 9.84 Å². The molecule has 174 valence electrons. The van der Waals surface area contributed by atoms with Crippen molar-refractivity contribution in [3.05, 3.63) is 35.5 Å². The van der Waals surface area contributed by atoms with Gasteiger partial charge in [0.05, 0.1) is 12.2 Å². The highest BCUT2D eigenvalue weighted by Crippen LogP contribution is 2.58. The Morgan fingerprint density at radius 2 is 2.00 bits per heavy atom. The van der Waals surface area contributed by atoms with Crippen molar-refractivity contribution in [3.8, 4) is 0 Å². The maximum absolute atomic E-state index is 12.3. The second-order valence-electron chi connectivity index (χ2n) is 10.4. The summed E-state index contributed by atoms with van der Waals surface area (Å²) in [5.41, 5.74) is 4.12. The number of halogens is 2. The molecule has 4 aliphatic rings. The van der Waals surface area contributed by atoms with Crippen molar-refractivity contribution in [2.75, 3.05) is 26.2 Å². The van der Waals surface area contributed by atoms with Crippen LogP contribution in [0.3, 0.4) is 0 Å². The average molecular weight is 436 g/mol. The Kier molecular flexibility index (Phi) is 7.34. The molecule has 1 heterocycles. The first kappa shape index (κ1) is 23.1. The molecule has 31 heavy (non-hydrogen) atoms.